The number of methoxy groups -OCH3 is 1. The Balaban J connectivity index is 2.48. The van der Waals surface area contributed by atoms with Gasteiger partial charge in [-0.05, 0) is 29.8 Å². The summed E-state index contributed by atoms with van der Waals surface area (Å²) in [5.41, 5.74) is 1.84. The number of hydrogen-bond donors (Lipinski definition) is 0. The molecule has 3 nitrogen and oxygen atoms in total. The minimum atomic E-state index is -0.123. The summed E-state index contributed by atoms with van der Waals surface area (Å²) >= 11 is 0. The van der Waals surface area contributed by atoms with Gasteiger partial charge in [0.05, 0.1) is 6.61 Å². The molecule has 0 unspecified atom stereocenters. The lowest BCUT2D eigenvalue weighted by molar-refractivity contribution is 0.0993. The Hall–Kier alpha value is -1.74. The monoisotopic (exact) mass is 202 g/mol. The number of hydrogen-bond acceptors (Lipinski definition) is 3. The first kappa shape index (κ1) is 9.80. The second kappa shape index (κ2) is 3.79. The van der Waals surface area contributed by atoms with E-state index in [0.29, 0.717) is 17.7 Å². The average Bonchev–Trinajstić information content (AvgIpc) is 2.24. The molecule has 0 radical (unpaired) electrons. The van der Waals surface area contributed by atoms with Crippen molar-refractivity contribution in [3.63, 3.8) is 0 Å². The second-order valence-corrected chi connectivity index (χ2v) is 3.37. The van der Waals surface area contributed by atoms with Crippen molar-refractivity contribution in [2.45, 2.75) is 6.61 Å². The van der Waals surface area contributed by atoms with Crippen LogP contribution in [0, 0.1) is 0 Å². The van der Waals surface area contributed by atoms with Crippen LogP contribution in [0.15, 0.2) is 30.4 Å². The fraction of sp³-hybridized carbons (Fsp3) is 0.167. The predicted octanol–water partition coefficient (Wildman–Crippen LogP) is 1.77. The second-order valence-electron chi connectivity index (χ2n) is 3.37. The summed E-state index contributed by atoms with van der Waals surface area (Å²) in [6, 6.07) is 5.18. The molecule has 2 rings (SSSR count). The molecular formula is C12H10O3. The van der Waals surface area contributed by atoms with E-state index in [1.54, 1.807) is 25.3 Å². The Morgan fingerprint density at radius 3 is 2.40 bits per heavy atom. The van der Waals surface area contributed by atoms with Gasteiger partial charge in [0.25, 0.3) is 0 Å². The molecular weight excluding hydrogens is 192 g/mol. The largest absolute Gasteiger partial charge is 0.380 e. The number of ketones is 2. The fourth-order valence-electron chi connectivity index (χ4n) is 1.60. The quantitative estimate of drug-likeness (QED) is 0.734. The molecule has 15 heavy (non-hydrogen) atoms. The zero-order valence-corrected chi connectivity index (χ0v) is 8.32. The van der Waals surface area contributed by atoms with Crippen LogP contribution < -0.4 is 0 Å². The highest BCUT2D eigenvalue weighted by atomic mass is 16.5. The smallest absolute Gasteiger partial charge is 0.186 e. The molecule has 0 aromatic heterocycles. The topological polar surface area (TPSA) is 43.4 Å². The van der Waals surface area contributed by atoms with Crippen LogP contribution in [0.1, 0.15) is 26.3 Å². The fourth-order valence-corrected chi connectivity index (χ4v) is 1.60. The maximum Gasteiger partial charge on any atom is 0.186 e. The molecule has 0 atom stereocenters. The minimum Gasteiger partial charge on any atom is -0.380 e. The van der Waals surface area contributed by atoms with E-state index >= 15 is 0 Å². The molecule has 0 aliphatic heterocycles. The Morgan fingerprint density at radius 2 is 1.73 bits per heavy atom. The van der Waals surface area contributed by atoms with E-state index < -0.39 is 0 Å². The molecule has 0 spiro atoms. The predicted molar refractivity (Wildman–Crippen MR) is 55.0 cm³/mol. The summed E-state index contributed by atoms with van der Waals surface area (Å²) in [6.07, 6.45) is 2.61. The first-order valence-electron chi connectivity index (χ1n) is 4.61. The highest BCUT2D eigenvalue weighted by Gasteiger charge is 2.18. The van der Waals surface area contributed by atoms with Crippen LogP contribution in [0.2, 0.25) is 0 Å². The van der Waals surface area contributed by atoms with Crippen LogP contribution in [0.3, 0.4) is 0 Å². The molecule has 3 heteroatoms. The van der Waals surface area contributed by atoms with Crippen LogP contribution in [-0.2, 0) is 11.3 Å². The van der Waals surface area contributed by atoms with Crippen LogP contribution in [0.5, 0.6) is 0 Å². The normalized spacial score (nSPS) is 14.2. The Morgan fingerprint density at radius 1 is 1.07 bits per heavy atom. The number of rotatable bonds is 2. The van der Waals surface area contributed by atoms with Gasteiger partial charge in [0, 0.05) is 18.2 Å². The van der Waals surface area contributed by atoms with Crippen molar-refractivity contribution >= 4 is 11.6 Å². The average molecular weight is 202 g/mol. The van der Waals surface area contributed by atoms with Gasteiger partial charge < -0.3 is 4.74 Å². The highest BCUT2D eigenvalue weighted by molar-refractivity contribution is 6.22. The van der Waals surface area contributed by atoms with Gasteiger partial charge in [-0.1, -0.05) is 6.07 Å². The molecule has 0 amide bonds. The van der Waals surface area contributed by atoms with Crippen LogP contribution in [0.4, 0.5) is 0 Å². The lowest BCUT2D eigenvalue weighted by Gasteiger charge is -2.10. The summed E-state index contributed by atoms with van der Waals surface area (Å²) < 4.78 is 4.97. The summed E-state index contributed by atoms with van der Waals surface area (Å²) in [5.74, 6) is -0.240. The van der Waals surface area contributed by atoms with Crippen LogP contribution in [-0.4, -0.2) is 18.7 Å². The molecule has 1 aromatic carbocycles. The van der Waals surface area contributed by atoms with E-state index in [9.17, 15) is 9.59 Å². The number of allylic oxidation sites excluding steroid dienone is 2. The summed E-state index contributed by atoms with van der Waals surface area (Å²) in [5, 5.41) is 0. The Kier molecular flexibility index (Phi) is 2.47. The van der Waals surface area contributed by atoms with Gasteiger partial charge >= 0.3 is 0 Å². The van der Waals surface area contributed by atoms with E-state index in [-0.39, 0.29) is 11.6 Å². The third kappa shape index (κ3) is 1.74. The number of ether oxygens (including phenoxy) is 1. The number of carbonyl (C=O) groups excluding carboxylic acids is 2. The minimum absolute atomic E-state index is 0.117. The number of fused-ring (bicyclic) bond motifs is 1. The van der Waals surface area contributed by atoms with E-state index in [2.05, 4.69) is 0 Å². The molecule has 0 saturated carbocycles. The molecule has 1 aromatic rings. The van der Waals surface area contributed by atoms with Crippen molar-refractivity contribution in [2.24, 2.45) is 0 Å². The molecule has 1 aliphatic rings. The standard InChI is InChI=1S/C12H10O3/c1-15-7-8-2-3-9-10(6-8)12(14)5-4-11(9)13/h2-6H,7H2,1H3. The lowest BCUT2D eigenvalue weighted by atomic mass is 9.93. The highest BCUT2D eigenvalue weighted by Crippen LogP contribution is 2.18. The third-order valence-corrected chi connectivity index (χ3v) is 2.31. The molecule has 0 bridgehead atoms. The molecule has 76 valence electrons. The molecule has 0 fully saturated rings. The number of benzene rings is 1. The maximum atomic E-state index is 11.5. The van der Waals surface area contributed by atoms with E-state index in [4.69, 9.17) is 4.74 Å². The SMILES string of the molecule is COCc1ccc2c(c1)C(=O)C=CC2=O. The first-order valence-corrected chi connectivity index (χ1v) is 4.61. The van der Waals surface area contributed by atoms with Crippen LogP contribution in [0.25, 0.3) is 0 Å². The van der Waals surface area contributed by atoms with Gasteiger partial charge in [-0.15, -0.1) is 0 Å². The van der Waals surface area contributed by atoms with Gasteiger partial charge in [0.2, 0.25) is 0 Å². The van der Waals surface area contributed by atoms with Crippen molar-refractivity contribution < 1.29 is 14.3 Å². The van der Waals surface area contributed by atoms with Crippen molar-refractivity contribution in [2.75, 3.05) is 7.11 Å². The summed E-state index contributed by atoms with van der Waals surface area (Å²) in [4.78, 5) is 22.9. The van der Waals surface area contributed by atoms with Gasteiger partial charge in [-0.25, -0.2) is 0 Å². The first-order chi connectivity index (χ1) is 7.22. The van der Waals surface area contributed by atoms with Crippen molar-refractivity contribution in [1.82, 2.24) is 0 Å². The van der Waals surface area contributed by atoms with Crippen LogP contribution >= 0.6 is 0 Å². The van der Waals surface area contributed by atoms with Gasteiger partial charge in [-0.3, -0.25) is 9.59 Å². The maximum absolute atomic E-state index is 11.5. The Labute approximate surface area is 87.4 Å². The molecule has 1 aliphatic carbocycles. The lowest BCUT2D eigenvalue weighted by Crippen LogP contribution is -2.11. The molecule has 0 saturated heterocycles. The van der Waals surface area contributed by atoms with E-state index in [0.717, 1.165) is 5.56 Å². The van der Waals surface area contributed by atoms with Crippen molar-refractivity contribution in [3.8, 4) is 0 Å². The third-order valence-electron chi connectivity index (χ3n) is 2.31. The van der Waals surface area contributed by atoms with Gasteiger partial charge in [-0.2, -0.15) is 0 Å². The zero-order valence-electron chi connectivity index (χ0n) is 8.32. The zero-order chi connectivity index (χ0) is 10.8. The summed E-state index contributed by atoms with van der Waals surface area (Å²) in [7, 11) is 1.59. The van der Waals surface area contributed by atoms with Crippen molar-refractivity contribution in [1.29, 1.82) is 0 Å². The molecule has 0 N–H and O–H groups in total. The Bertz CT molecular complexity index is 458. The van der Waals surface area contributed by atoms with Crippen molar-refractivity contribution in [3.05, 3.63) is 47.0 Å². The van der Waals surface area contributed by atoms with Gasteiger partial charge in [0.1, 0.15) is 0 Å². The molecule has 0 heterocycles. The number of carbonyl (C=O) groups is 2. The van der Waals surface area contributed by atoms with Gasteiger partial charge in [0.15, 0.2) is 11.6 Å². The van der Waals surface area contributed by atoms with E-state index in [1.807, 2.05) is 0 Å². The summed E-state index contributed by atoms with van der Waals surface area (Å²) in [6.45, 7) is 0.443. The van der Waals surface area contributed by atoms with E-state index in [1.165, 1.54) is 12.2 Å².